The van der Waals surface area contributed by atoms with Crippen LogP contribution in [0.5, 0.6) is 0 Å². The first-order valence-corrected chi connectivity index (χ1v) is 8.59. The van der Waals surface area contributed by atoms with Gasteiger partial charge in [-0.15, -0.1) is 5.10 Å². The van der Waals surface area contributed by atoms with Crippen molar-refractivity contribution in [1.29, 1.82) is 5.26 Å². The van der Waals surface area contributed by atoms with Crippen molar-refractivity contribution in [3.8, 4) is 6.07 Å². The number of carbonyl (C=O) groups excluding carboxylic acids is 1. The molecule has 1 aromatic carbocycles. The summed E-state index contributed by atoms with van der Waals surface area (Å²) in [5.41, 5.74) is 0.617. The molecule has 2 N–H and O–H groups in total. The molecule has 124 valence electrons. The molecule has 1 fully saturated rings. The number of thioether (sulfide) groups is 1. The Hall–Kier alpha value is -2.24. The van der Waals surface area contributed by atoms with Crippen LogP contribution in [0.1, 0.15) is 31.4 Å². The van der Waals surface area contributed by atoms with Crippen molar-refractivity contribution in [2.24, 2.45) is 0 Å². The average Bonchev–Trinajstić information content (AvgIpc) is 3.31. The maximum atomic E-state index is 12.3. The third kappa shape index (κ3) is 3.47. The highest BCUT2D eigenvalue weighted by molar-refractivity contribution is 8.00. The number of benzene rings is 1. The number of halogens is 1. The highest BCUT2D eigenvalue weighted by Crippen LogP contribution is 2.36. The molecule has 0 aliphatic heterocycles. The second-order valence-corrected chi connectivity index (χ2v) is 7.18. The zero-order valence-electron chi connectivity index (χ0n) is 12.7. The third-order valence-corrected chi connectivity index (χ3v) is 4.97. The van der Waals surface area contributed by atoms with Crippen LogP contribution in [-0.2, 0) is 4.79 Å². The Balaban J connectivity index is 1.68. The van der Waals surface area contributed by atoms with Crippen LogP contribution < -0.4 is 11.0 Å². The Morgan fingerprint density at radius 3 is 2.96 bits per heavy atom. The van der Waals surface area contributed by atoms with Crippen LogP contribution >= 0.6 is 23.4 Å². The summed E-state index contributed by atoms with van der Waals surface area (Å²) in [6, 6.07) is 6.85. The van der Waals surface area contributed by atoms with E-state index in [-0.39, 0.29) is 22.7 Å². The molecule has 1 amide bonds. The summed E-state index contributed by atoms with van der Waals surface area (Å²) in [5, 5.41) is 18.4. The van der Waals surface area contributed by atoms with Gasteiger partial charge in [-0.1, -0.05) is 23.4 Å². The fraction of sp³-hybridized carbons (Fsp3) is 0.333. The lowest BCUT2D eigenvalue weighted by molar-refractivity contribution is -0.115. The largest absolute Gasteiger partial charge is 0.344 e. The molecule has 9 heteroatoms. The summed E-state index contributed by atoms with van der Waals surface area (Å²) >= 11 is 7.18. The standard InChI is InChI=1S/C15H14ClN5O2S/c1-8(24-15-20-19-14(23)21(15)11-4-5-11)13(22)18-10-3-2-9(7-17)12(16)6-10/h2-3,6,8,11H,4-5H2,1H3,(H,18,22)(H,19,23)/t8-/m1/s1. The van der Waals surface area contributed by atoms with E-state index in [0.29, 0.717) is 16.4 Å². The number of nitriles is 1. The Labute approximate surface area is 147 Å². The van der Waals surface area contributed by atoms with Crippen LogP contribution in [0, 0.1) is 11.3 Å². The number of hydrogen-bond donors (Lipinski definition) is 2. The molecule has 0 bridgehead atoms. The van der Waals surface area contributed by atoms with Gasteiger partial charge in [0.05, 0.1) is 15.8 Å². The van der Waals surface area contributed by atoms with E-state index in [1.807, 2.05) is 6.07 Å². The number of aromatic amines is 1. The van der Waals surface area contributed by atoms with E-state index in [4.69, 9.17) is 16.9 Å². The molecule has 0 spiro atoms. The summed E-state index contributed by atoms with van der Waals surface area (Å²) in [7, 11) is 0. The van der Waals surface area contributed by atoms with Gasteiger partial charge in [0.1, 0.15) is 6.07 Å². The topological polar surface area (TPSA) is 104 Å². The molecule has 0 saturated heterocycles. The lowest BCUT2D eigenvalue weighted by atomic mass is 10.2. The van der Waals surface area contributed by atoms with E-state index in [2.05, 4.69) is 15.5 Å². The van der Waals surface area contributed by atoms with Crippen LogP contribution in [0.2, 0.25) is 5.02 Å². The molecule has 1 heterocycles. The molecule has 1 aliphatic rings. The number of aromatic nitrogens is 3. The second kappa shape index (κ2) is 6.71. The molecule has 24 heavy (non-hydrogen) atoms. The van der Waals surface area contributed by atoms with E-state index in [0.717, 1.165) is 12.8 Å². The summed E-state index contributed by atoms with van der Waals surface area (Å²) in [4.78, 5) is 24.1. The lowest BCUT2D eigenvalue weighted by Gasteiger charge is -2.12. The monoisotopic (exact) mass is 363 g/mol. The first kappa shape index (κ1) is 16.6. The van der Waals surface area contributed by atoms with Crippen LogP contribution in [0.15, 0.2) is 28.2 Å². The number of carbonyl (C=O) groups is 1. The first-order chi connectivity index (χ1) is 11.5. The molecule has 1 atom stereocenters. The molecule has 7 nitrogen and oxygen atoms in total. The van der Waals surface area contributed by atoms with Gasteiger partial charge in [0, 0.05) is 11.7 Å². The van der Waals surface area contributed by atoms with Crippen molar-refractivity contribution in [3.05, 3.63) is 39.3 Å². The van der Waals surface area contributed by atoms with Gasteiger partial charge in [-0.2, -0.15) is 5.26 Å². The highest BCUT2D eigenvalue weighted by atomic mass is 35.5. The van der Waals surface area contributed by atoms with E-state index < -0.39 is 5.25 Å². The Bertz CT molecular complexity index is 881. The molecule has 1 aliphatic carbocycles. The van der Waals surface area contributed by atoms with Gasteiger partial charge in [-0.05, 0) is 38.0 Å². The highest BCUT2D eigenvalue weighted by Gasteiger charge is 2.30. The smallest absolute Gasteiger partial charge is 0.325 e. The van der Waals surface area contributed by atoms with Gasteiger partial charge < -0.3 is 5.32 Å². The molecule has 0 unspecified atom stereocenters. The average molecular weight is 364 g/mol. The van der Waals surface area contributed by atoms with Crippen LogP contribution in [0.4, 0.5) is 5.69 Å². The molecule has 3 rings (SSSR count). The molecule has 0 radical (unpaired) electrons. The van der Waals surface area contributed by atoms with Crippen molar-refractivity contribution in [3.63, 3.8) is 0 Å². The predicted octanol–water partition coefficient (Wildman–Crippen LogP) is 2.55. The Kier molecular flexibility index (Phi) is 4.64. The second-order valence-electron chi connectivity index (χ2n) is 5.47. The zero-order chi connectivity index (χ0) is 17.3. The minimum absolute atomic E-state index is 0.186. The van der Waals surface area contributed by atoms with Gasteiger partial charge in [-0.3, -0.25) is 9.36 Å². The van der Waals surface area contributed by atoms with E-state index in [1.54, 1.807) is 23.6 Å². The fourth-order valence-corrected chi connectivity index (χ4v) is 3.32. The number of hydrogen-bond acceptors (Lipinski definition) is 5. The third-order valence-electron chi connectivity index (χ3n) is 3.59. The van der Waals surface area contributed by atoms with Crippen molar-refractivity contribution in [1.82, 2.24) is 14.8 Å². The summed E-state index contributed by atoms with van der Waals surface area (Å²) in [6.07, 6.45) is 1.91. The normalized spacial score (nSPS) is 14.9. The van der Waals surface area contributed by atoms with Crippen molar-refractivity contribution in [2.75, 3.05) is 5.32 Å². The Morgan fingerprint density at radius 2 is 2.33 bits per heavy atom. The fourth-order valence-electron chi connectivity index (χ4n) is 2.17. The zero-order valence-corrected chi connectivity index (χ0v) is 14.3. The molecule has 1 aromatic heterocycles. The quantitative estimate of drug-likeness (QED) is 0.794. The molecule has 2 aromatic rings. The summed E-state index contributed by atoms with van der Waals surface area (Å²) < 4.78 is 1.60. The van der Waals surface area contributed by atoms with E-state index >= 15 is 0 Å². The lowest BCUT2D eigenvalue weighted by Crippen LogP contribution is -2.23. The first-order valence-electron chi connectivity index (χ1n) is 7.33. The maximum Gasteiger partial charge on any atom is 0.344 e. The number of nitrogens with one attached hydrogen (secondary N) is 2. The number of H-pyrrole nitrogens is 1. The molecular weight excluding hydrogens is 350 g/mol. The van der Waals surface area contributed by atoms with E-state index in [9.17, 15) is 9.59 Å². The number of amides is 1. The van der Waals surface area contributed by atoms with Gasteiger partial charge >= 0.3 is 5.69 Å². The number of rotatable bonds is 5. The van der Waals surface area contributed by atoms with Gasteiger partial charge in [-0.25, -0.2) is 9.89 Å². The van der Waals surface area contributed by atoms with Crippen molar-refractivity contribution in [2.45, 2.75) is 36.2 Å². The molecule has 1 saturated carbocycles. The minimum atomic E-state index is -0.452. The summed E-state index contributed by atoms with van der Waals surface area (Å²) in [6.45, 7) is 1.74. The van der Waals surface area contributed by atoms with Crippen molar-refractivity contribution >= 4 is 35.0 Å². The van der Waals surface area contributed by atoms with Crippen molar-refractivity contribution < 1.29 is 4.79 Å². The maximum absolute atomic E-state index is 12.3. The predicted molar refractivity (Wildman–Crippen MR) is 91.2 cm³/mol. The Morgan fingerprint density at radius 1 is 1.58 bits per heavy atom. The van der Waals surface area contributed by atoms with Crippen LogP contribution in [-0.4, -0.2) is 25.9 Å². The summed E-state index contributed by atoms with van der Waals surface area (Å²) in [5.74, 6) is -0.237. The van der Waals surface area contributed by atoms with Gasteiger partial charge in [0.2, 0.25) is 5.91 Å². The van der Waals surface area contributed by atoms with Crippen LogP contribution in [0.25, 0.3) is 0 Å². The van der Waals surface area contributed by atoms with Gasteiger partial charge in [0.25, 0.3) is 0 Å². The molecular formula is C15H14ClN5O2S. The number of anilines is 1. The minimum Gasteiger partial charge on any atom is -0.325 e. The van der Waals surface area contributed by atoms with Gasteiger partial charge in [0.15, 0.2) is 5.16 Å². The van der Waals surface area contributed by atoms with Crippen LogP contribution in [0.3, 0.4) is 0 Å². The van der Waals surface area contributed by atoms with E-state index in [1.165, 1.54) is 17.8 Å². The SMILES string of the molecule is C[C@@H](Sc1n[nH]c(=O)n1C1CC1)C(=O)Nc1ccc(C#N)c(Cl)c1. The number of nitrogens with zero attached hydrogens (tertiary/aromatic N) is 3.